The first-order valence-electron chi connectivity index (χ1n) is 10.5. The van der Waals surface area contributed by atoms with Gasteiger partial charge in [-0.2, -0.15) is 11.8 Å². The second kappa shape index (κ2) is 13.0. The van der Waals surface area contributed by atoms with E-state index < -0.39 is 18.0 Å². The number of hydrogen-bond acceptors (Lipinski definition) is 5. The number of aryl methyl sites for hydroxylation is 1. The van der Waals surface area contributed by atoms with Crippen LogP contribution >= 0.6 is 11.8 Å². The van der Waals surface area contributed by atoms with Gasteiger partial charge in [-0.05, 0) is 68.0 Å². The minimum absolute atomic E-state index is 0.131. The van der Waals surface area contributed by atoms with Crippen molar-refractivity contribution in [3.8, 4) is 5.75 Å². The predicted molar refractivity (Wildman–Crippen MR) is 127 cm³/mol. The molecule has 168 valence electrons. The van der Waals surface area contributed by atoms with Gasteiger partial charge in [0.15, 0.2) is 0 Å². The van der Waals surface area contributed by atoms with Gasteiger partial charge in [0.25, 0.3) is 0 Å². The lowest BCUT2D eigenvalue weighted by molar-refractivity contribution is -0.141. The molecule has 0 unspecified atom stereocenters. The standard InChI is InChI=1S/C24H33N3O3S/c1-26-21(17-19-10-12-20(28)13-11-19)24(30)27(22(23(25)29)14-16-31-2)15-6-9-18-7-4-3-5-8-18/h3-5,7-8,10-13,21-22,26,28H,6,9,14-17H2,1-2H3,(H2,25,29)/t21-,22-/m0/s1. The van der Waals surface area contributed by atoms with Crippen LogP contribution in [0.2, 0.25) is 0 Å². The van der Waals surface area contributed by atoms with E-state index in [1.807, 2.05) is 24.5 Å². The first-order chi connectivity index (χ1) is 15.0. The van der Waals surface area contributed by atoms with E-state index in [-0.39, 0.29) is 11.7 Å². The maximum Gasteiger partial charge on any atom is 0.240 e. The van der Waals surface area contributed by atoms with Crippen LogP contribution in [0, 0.1) is 0 Å². The third kappa shape index (κ3) is 7.92. The maximum absolute atomic E-state index is 13.5. The number of thioether (sulfide) groups is 1. The van der Waals surface area contributed by atoms with Crippen LogP contribution in [-0.2, 0) is 22.4 Å². The molecule has 0 bridgehead atoms. The summed E-state index contributed by atoms with van der Waals surface area (Å²) in [5.74, 6) is 0.331. The van der Waals surface area contributed by atoms with Crippen molar-refractivity contribution < 1.29 is 14.7 Å². The summed E-state index contributed by atoms with van der Waals surface area (Å²) in [5.41, 5.74) is 7.84. The number of nitrogens with two attached hydrogens (primary N) is 1. The molecule has 0 saturated heterocycles. The summed E-state index contributed by atoms with van der Waals surface area (Å²) in [6.45, 7) is 0.462. The summed E-state index contributed by atoms with van der Waals surface area (Å²) in [5, 5.41) is 12.6. The third-order valence-electron chi connectivity index (χ3n) is 5.31. The first-order valence-corrected chi connectivity index (χ1v) is 11.9. The first kappa shape index (κ1) is 24.8. The molecule has 0 fully saturated rings. The Morgan fingerprint density at radius 2 is 1.77 bits per heavy atom. The summed E-state index contributed by atoms with van der Waals surface area (Å²) < 4.78 is 0. The molecule has 0 saturated carbocycles. The Labute approximate surface area is 189 Å². The van der Waals surface area contributed by atoms with Crippen LogP contribution in [0.4, 0.5) is 0 Å². The van der Waals surface area contributed by atoms with E-state index in [1.165, 1.54) is 5.56 Å². The van der Waals surface area contributed by atoms with Gasteiger partial charge in [-0.3, -0.25) is 9.59 Å². The van der Waals surface area contributed by atoms with Crippen LogP contribution in [0.15, 0.2) is 54.6 Å². The van der Waals surface area contributed by atoms with Crippen LogP contribution in [-0.4, -0.2) is 59.5 Å². The largest absolute Gasteiger partial charge is 0.508 e. The molecule has 2 rings (SSSR count). The summed E-state index contributed by atoms with van der Waals surface area (Å²) >= 11 is 1.63. The number of nitrogens with one attached hydrogen (secondary N) is 1. The number of carbonyl (C=O) groups excluding carboxylic acids is 2. The molecular weight excluding hydrogens is 410 g/mol. The summed E-state index contributed by atoms with van der Waals surface area (Å²) in [6, 6.07) is 15.8. The van der Waals surface area contributed by atoms with Crippen molar-refractivity contribution in [2.45, 2.75) is 37.8 Å². The van der Waals surface area contributed by atoms with E-state index in [2.05, 4.69) is 17.4 Å². The molecule has 0 radical (unpaired) electrons. The summed E-state index contributed by atoms with van der Waals surface area (Å²) in [7, 11) is 1.74. The van der Waals surface area contributed by atoms with Gasteiger partial charge in [0, 0.05) is 6.54 Å². The number of benzene rings is 2. The molecule has 0 spiro atoms. The van der Waals surface area contributed by atoms with Crippen molar-refractivity contribution in [2.75, 3.05) is 25.6 Å². The van der Waals surface area contributed by atoms with E-state index in [9.17, 15) is 14.7 Å². The zero-order valence-corrected chi connectivity index (χ0v) is 19.1. The number of hydrogen-bond donors (Lipinski definition) is 3. The average Bonchev–Trinajstić information content (AvgIpc) is 2.77. The molecule has 2 aromatic carbocycles. The number of primary amides is 1. The predicted octanol–water partition coefficient (Wildman–Crippen LogP) is 2.59. The quantitative estimate of drug-likeness (QED) is 0.442. The van der Waals surface area contributed by atoms with E-state index in [1.54, 1.807) is 48.0 Å². The number of amides is 2. The zero-order chi connectivity index (χ0) is 22.6. The molecule has 0 aromatic heterocycles. The van der Waals surface area contributed by atoms with Crippen molar-refractivity contribution in [1.82, 2.24) is 10.2 Å². The smallest absolute Gasteiger partial charge is 0.240 e. The number of carbonyl (C=O) groups is 2. The van der Waals surface area contributed by atoms with Crippen LogP contribution < -0.4 is 11.1 Å². The Morgan fingerprint density at radius 3 is 2.35 bits per heavy atom. The van der Waals surface area contributed by atoms with Gasteiger partial charge in [0.1, 0.15) is 11.8 Å². The lowest BCUT2D eigenvalue weighted by atomic mass is 10.0. The highest BCUT2D eigenvalue weighted by Crippen LogP contribution is 2.16. The third-order valence-corrected chi connectivity index (χ3v) is 5.96. The fourth-order valence-electron chi connectivity index (χ4n) is 3.58. The van der Waals surface area contributed by atoms with E-state index in [4.69, 9.17) is 5.73 Å². The molecule has 0 aliphatic heterocycles. The van der Waals surface area contributed by atoms with Gasteiger partial charge in [-0.15, -0.1) is 0 Å². The van der Waals surface area contributed by atoms with Crippen molar-refractivity contribution in [1.29, 1.82) is 0 Å². The van der Waals surface area contributed by atoms with Gasteiger partial charge < -0.3 is 21.1 Å². The van der Waals surface area contributed by atoms with E-state index in [0.29, 0.717) is 19.4 Å². The van der Waals surface area contributed by atoms with Gasteiger partial charge >= 0.3 is 0 Å². The molecule has 2 amide bonds. The molecule has 0 aliphatic rings. The van der Waals surface area contributed by atoms with Crippen molar-refractivity contribution >= 4 is 23.6 Å². The second-order valence-corrected chi connectivity index (χ2v) is 8.52. The highest BCUT2D eigenvalue weighted by Gasteiger charge is 2.31. The van der Waals surface area contributed by atoms with E-state index >= 15 is 0 Å². The lowest BCUT2D eigenvalue weighted by Crippen LogP contribution is -2.55. The summed E-state index contributed by atoms with van der Waals surface area (Å²) in [4.78, 5) is 27.4. The topological polar surface area (TPSA) is 95.7 Å². The molecule has 6 nitrogen and oxygen atoms in total. The number of phenolic OH excluding ortho intramolecular Hbond substituents is 1. The normalized spacial score (nSPS) is 12.8. The fourth-order valence-corrected chi connectivity index (χ4v) is 4.04. The highest BCUT2D eigenvalue weighted by molar-refractivity contribution is 7.98. The van der Waals surface area contributed by atoms with Gasteiger partial charge in [-0.25, -0.2) is 0 Å². The molecular formula is C24H33N3O3S. The SMILES string of the molecule is CN[C@@H](Cc1ccc(O)cc1)C(=O)N(CCCc1ccccc1)[C@@H](CCSC)C(N)=O. The fraction of sp³-hybridized carbons (Fsp3) is 0.417. The summed E-state index contributed by atoms with van der Waals surface area (Å²) in [6.07, 6.45) is 4.53. The second-order valence-electron chi connectivity index (χ2n) is 7.53. The highest BCUT2D eigenvalue weighted by atomic mass is 32.2. The van der Waals surface area contributed by atoms with Crippen LogP contribution in [0.25, 0.3) is 0 Å². The number of nitrogens with zero attached hydrogens (tertiary/aromatic N) is 1. The zero-order valence-electron chi connectivity index (χ0n) is 18.3. The monoisotopic (exact) mass is 443 g/mol. The molecule has 0 aliphatic carbocycles. The number of rotatable bonds is 13. The average molecular weight is 444 g/mol. The van der Waals surface area contributed by atoms with Crippen molar-refractivity contribution in [3.05, 3.63) is 65.7 Å². The molecule has 0 heterocycles. The van der Waals surface area contributed by atoms with Gasteiger partial charge in [0.2, 0.25) is 11.8 Å². The van der Waals surface area contributed by atoms with Crippen molar-refractivity contribution in [3.63, 3.8) is 0 Å². The molecule has 31 heavy (non-hydrogen) atoms. The van der Waals surface area contributed by atoms with Crippen LogP contribution in [0.1, 0.15) is 24.0 Å². The molecule has 2 atom stereocenters. The van der Waals surface area contributed by atoms with E-state index in [0.717, 1.165) is 24.2 Å². The van der Waals surface area contributed by atoms with Crippen LogP contribution in [0.5, 0.6) is 5.75 Å². The number of aromatic hydroxyl groups is 1. The Hall–Kier alpha value is -2.51. The molecule has 4 N–H and O–H groups in total. The Balaban J connectivity index is 2.17. The minimum Gasteiger partial charge on any atom is -0.508 e. The van der Waals surface area contributed by atoms with Gasteiger partial charge in [-0.1, -0.05) is 42.5 Å². The minimum atomic E-state index is -0.633. The number of likely N-dealkylation sites (N-methyl/N-ethyl adjacent to an activating group) is 1. The Morgan fingerprint density at radius 1 is 1.10 bits per heavy atom. The molecule has 7 heteroatoms. The lowest BCUT2D eigenvalue weighted by Gasteiger charge is -2.33. The Kier molecular flexibility index (Phi) is 10.4. The van der Waals surface area contributed by atoms with Gasteiger partial charge in [0.05, 0.1) is 6.04 Å². The molecule has 2 aromatic rings. The Bertz CT molecular complexity index is 815. The number of phenols is 1. The maximum atomic E-state index is 13.5. The van der Waals surface area contributed by atoms with Crippen LogP contribution in [0.3, 0.4) is 0 Å². The van der Waals surface area contributed by atoms with Crippen molar-refractivity contribution in [2.24, 2.45) is 5.73 Å².